The number of rotatable bonds is 5. The minimum absolute atomic E-state index is 0.195. The van der Waals surface area contributed by atoms with Crippen LogP contribution in [-0.2, 0) is 11.3 Å². The van der Waals surface area contributed by atoms with E-state index in [1.165, 1.54) is 12.8 Å². The summed E-state index contributed by atoms with van der Waals surface area (Å²) < 4.78 is 7.86. The van der Waals surface area contributed by atoms with Gasteiger partial charge in [0.05, 0.1) is 24.9 Å². The second-order valence-electron chi connectivity index (χ2n) is 6.46. The molecule has 1 saturated carbocycles. The van der Waals surface area contributed by atoms with Crippen LogP contribution in [0.4, 0.5) is 5.82 Å². The fourth-order valence-corrected chi connectivity index (χ4v) is 3.01. The molecule has 2 fully saturated rings. The van der Waals surface area contributed by atoms with Crippen molar-refractivity contribution < 1.29 is 4.74 Å². The zero-order valence-electron chi connectivity index (χ0n) is 12.5. The van der Waals surface area contributed by atoms with E-state index in [0.29, 0.717) is 17.7 Å². The van der Waals surface area contributed by atoms with Crippen molar-refractivity contribution >= 4 is 5.82 Å². The van der Waals surface area contributed by atoms with Gasteiger partial charge >= 0.3 is 0 Å². The topological polar surface area (TPSA) is 69.2 Å². The van der Waals surface area contributed by atoms with Gasteiger partial charge < -0.3 is 10.5 Å². The second-order valence-corrected chi connectivity index (χ2v) is 6.46. The van der Waals surface area contributed by atoms with Crippen LogP contribution in [0.3, 0.4) is 0 Å². The highest BCUT2D eigenvalue weighted by Gasteiger charge is 2.32. The Morgan fingerprint density at radius 3 is 2.90 bits per heavy atom. The summed E-state index contributed by atoms with van der Waals surface area (Å²) in [6.07, 6.45) is 2.62. The summed E-state index contributed by atoms with van der Waals surface area (Å²) in [5.74, 6) is 1.86. The molecule has 0 bridgehead atoms. The molecule has 1 atom stereocenters. The van der Waals surface area contributed by atoms with Crippen LogP contribution < -0.4 is 5.73 Å². The predicted molar refractivity (Wildman–Crippen MR) is 77.4 cm³/mol. The van der Waals surface area contributed by atoms with Gasteiger partial charge in [-0.3, -0.25) is 4.90 Å². The first-order chi connectivity index (χ1) is 9.63. The Balaban J connectivity index is 1.62. The molecule has 3 rings (SSSR count). The van der Waals surface area contributed by atoms with Crippen LogP contribution in [0.5, 0.6) is 0 Å². The molecule has 2 aliphatic rings. The Morgan fingerprint density at radius 2 is 2.20 bits per heavy atom. The van der Waals surface area contributed by atoms with Gasteiger partial charge in [-0.1, -0.05) is 19.1 Å². The Hall–Kier alpha value is -1.14. The summed E-state index contributed by atoms with van der Waals surface area (Å²) in [5.41, 5.74) is 7.05. The van der Waals surface area contributed by atoms with E-state index in [9.17, 15) is 0 Å². The number of hydrogen-bond acceptors (Lipinski definition) is 5. The highest BCUT2D eigenvalue weighted by atomic mass is 16.5. The van der Waals surface area contributed by atoms with Gasteiger partial charge in [0.15, 0.2) is 5.82 Å². The number of aromatic nitrogens is 3. The van der Waals surface area contributed by atoms with E-state index >= 15 is 0 Å². The molecule has 20 heavy (non-hydrogen) atoms. The van der Waals surface area contributed by atoms with E-state index < -0.39 is 0 Å². The number of morpholine rings is 1. The van der Waals surface area contributed by atoms with E-state index in [-0.39, 0.29) is 6.10 Å². The standard InChI is InChI=1S/C14H25N5O/c1-10(2)7-18-5-6-20-12(8-18)9-19-13(11-3-4-11)14(15)16-17-19/h10-12H,3-9,15H2,1-2H3. The first-order valence-electron chi connectivity index (χ1n) is 7.66. The van der Waals surface area contributed by atoms with Crippen LogP contribution in [0.2, 0.25) is 0 Å². The summed E-state index contributed by atoms with van der Waals surface area (Å²) in [5, 5.41) is 8.23. The first kappa shape index (κ1) is 13.8. The van der Waals surface area contributed by atoms with Gasteiger partial charge in [-0.25, -0.2) is 4.68 Å². The third-order valence-corrected chi connectivity index (χ3v) is 3.99. The maximum absolute atomic E-state index is 5.93. The van der Waals surface area contributed by atoms with Crippen molar-refractivity contribution in [1.82, 2.24) is 19.9 Å². The average Bonchev–Trinajstić information content (AvgIpc) is 3.15. The van der Waals surface area contributed by atoms with Crippen molar-refractivity contribution in [1.29, 1.82) is 0 Å². The second kappa shape index (κ2) is 5.69. The molecule has 2 N–H and O–H groups in total. The zero-order chi connectivity index (χ0) is 14.1. The van der Waals surface area contributed by atoms with Crippen LogP contribution in [-0.4, -0.2) is 52.2 Å². The molecule has 0 aromatic carbocycles. The van der Waals surface area contributed by atoms with E-state index in [4.69, 9.17) is 10.5 Å². The van der Waals surface area contributed by atoms with Crippen LogP contribution in [0.25, 0.3) is 0 Å². The Labute approximate surface area is 120 Å². The molecule has 0 amide bonds. The fraction of sp³-hybridized carbons (Fsp3) is 0.857. The molecule has 6 heteroatoms. The maximum Gasteiger partial charge on any atom is 0.169 e. The minimum Gasteiger partial charge on any atom is -0.381 e. The normalized spacial score (nSPS) is 24.4. The number of nitrogens with two attached hydrogens (primary N) is 1. The van der Waals surface area contributed by atoms with Gasteiger partial charge in [0.1, 0.15) is 0 Å². The van der Waals surface area contributed by atoms with Crippen LogP contribution >= 0.6 is 0 Å². The zero-order valence-corrected chi connectivity index (χ0v) is 12.5. The smallest absolute Gasteiger partial charge is 0.169 e. The quantitative estimate of drug-likeness (QED) is 0.874. The molecule has 2 heterocycles. The van der Waals surface area contributed by atoms with Crippen LogP contribution in [0.15, 0.2) is 0 Å². The van der Waals surface area contributed by atoms with Crippen molar-refractivity contribution in [2.75, 3.05) is 32.0 Å². The fourth-order valence-electron chi connectivity index (χ4n) is 3.01. The Morgan fingerprint density at radius 1 is 1.40 bits per heavy atom. The number of nitrogens with zero attached hydrogens (tertiary/aromatic N) is 4. The van der Waals surface area contributed by atoms with E-state index in [1.54, 1.807) is 0 Å². The Kier molecular flexibility index (Phi) is 3.94. The summed E-state index contributed by atoms with van der Waals surface area (Å²) in [7, 11) is 0. The maximum atomic E-state index is 5.93. The minimum atomic E-state index is 0.195. The molecular weight excluding hydrogens is 254 g/mol. The molecule has 6 nitrogen and oxygen atoms in total. The van der Waals surface area contributed by atoms with Crippen LogP contribution in [0, 0.1) is 5.92 Å². The van der Waals surface area contributed by atoms with Crippen molar-refractivity contribution in [3.05, 3.63) is 5.69 Å². The molecule has 1 aromatic rings. The third kappa shape index (κ3) is 3.12. The van der Waals surface area contributed by atoms with Crippen molar-refractivity contribution in [3.8, 4) is 0 Å². The van der Waals surface area contributed by atoms with Gasteiger partial charge in [-0.2, -0.15) is 0 Å². The van der Waals surface area contributed by atoms with Gasteiger partial charge in [-0.15, -0.1) is 5.10 Å². The summed E-state index contributed by atoms with van der Waals surface area (Å²) >= 11 is 0. The number of ether oxygens (including phenoxy) is 1. The van der Waals surface area contributed by atoms with Gasteiger partial charge in [-0.05, 0) is 18.8 Å². The van der Waals surface area contributed by atoms with Gasteiger partial charge in [0.25, 0.3) is 0 Å². The van der Waals surface area contributed by atoms with Gasteiger partial charge in [0.2, 0.25) is 0 Å². The first-order valence-corrected chi connectivity index (χ1v) is 7.66. The monoisotopic (exact) mass is 279 g/mol. The molecule has 1 saturated heterocycles. The molecule has 112 valence electrons. The Bertz CT molecular complexity index is 454. The molecule has 1 aromatic heterocycles. The number of anilines is 1. The molecule has 1 unspecified atom stereocenters. The molecule has 1 aliphatic heterocycles. The molecule has 0 spiro atoms. The lowest BCUT2D eigenvalue weighted by atomic mass is 10.1. The van der Waals surface area contributed by atoms with E-state index in [0.717, 1.165) is 38.5 Å². The molecule has 0 radical (unpaired) electrons. The predicted octanol–water partition coefficient (Wildman–Crippen LogP) is 1.09. The molecular formula is C14H25N5O. The van der Waals surface area contributed by atoms with Crippen molar-refractivity contribution in [3.63, 3.8) is 0 Å². The van der Waals surface area contributed by atoms with Crippen LogP contribution in [0.1, 0.15) is 38.3 Å². The van der Waals surface area contributed by atoms with E-state index in [2.05, 4.69) is 29.1 Å². The number of hydrogen-bond donors (Lipinski definition) is 1. The van der Waals surface area contributed by atoms with Crippen molar-refractivity contribution in [2.45, 2.75) is 45.3 Å². The lowest BCUT2D eigenvalue weighted by Crippen LogP contribution is -2.45. The highest BCUT2D eigenvalue weighted by molar-refractivity contribution is 5.38. The highest BCUT2D eigenvalue weighted by Crippen LogP contribution is 2.42. The average molecular weight is 279 g/mol. The lowest BCUT2D eigenvalue weighted by molar-refractivity contribution is -0.0409. The largest absolute Gasteiger partial charge is 0.381 e. The summed E-state index contributed by atoms with van der Waals surface area (Å²) in [6.45, 7) is 9.23. The summed E-state index contributed by atoms with van der Waals surface area (Å²) in [4.78, 5) is 2.48. The van der Waals surface area contributed by atoms with Crippen molar-refractivity contribution in [2.24, 2.45) is 5.92 Å². The SMILES string of the molecule is CC(C)CN1CCOC(Cn2nnc(N)c2C2CC2)C1. The molecule has 1 aliphatic carbocycles. The van der Waals surface area contributed by atoms with E-state index in [1.807, 2.05) is 4.68 Å². The van der Waals surface area contributed by atoms with Gasteiger partial charge in [0, 0.05) is 25.6 Å². The summed E-state index contributed by atoms with van der Waals surface area (Å²) in [6, 6.07) is 0. The lowest BCUT2D eigenvalue weighted by Gasteiger charge is -2.33. The third-order valence-electron chi connectivity index (χ3n) is 3.99. The number of nitrogen functional groups attached to an aromatic ring is 1.